The molecule has 2 saturated carbocycles. The van der Waals surface area contributed by atoms with E-state index in [-0.39, 0.29) is 22.3 Å². The van der Waals surface area contributed by atoms with Crippen molar-refractivity contribution in [1.82, 2.24) is 9.71 Å². The number of pyridine rings is 1. The van der Waals surface area contributed by atoms with Gasteiger partial charge < -0.3 is 5.11 Å². The topological polar surface area (TPSA) is 79.3 Å². The van der Waals surface area contributed by atoms with Crippen LogP contribution in [0.1, 0.15) is 30.9 Å². The lowest BCUT2D eigenvalue weighted by atomic mass is 9.33. The van der Waals surface area contributed by atoms with Crippen molar-refractivity contribution < 1.29 is 13.5 Å². The third kappa shape index (κ3) is 1.98. The van der Waals surface area contributed by atoms with E-state index in [2.05, 4.69) is 15.8 Å². The Bertz CT molecular complexity index is 974. The molecule has 3 aliphatic rings. The Morgan fingerprint density at radius 3 is 2.73 bits per heavy atom. The maximum atomic E-state index is 12.8. The van der Waals surface area contributed by atoms with Crippen molar-refractivity contribution in [1.29, 1.82) is 0 Å². The van der Waals surface area contributed by atoms with E-state index in [1.165, 1.54) is 11.8 Å². The highest BCUT2D eigenvalue weighted by atomic mass is 32.2. The fourth-order valence-corrected chi connectivity index (χ4v) is 7.16. The van der Waals surface area contributed by atoms with E-state index in [4.69, 9.17) is 0 Å². The van der Waals surface area contributed by atoms with Gasteiger partial charge in [0.1, 0.15) is 4.90 Å². The molecule has 3 aliphatic carbocycles. The molecule has 0 aliphatic heterocycles. The maximum absolute atomic E-state index is 12.8. The molecule has 2 aromatic rings. The first kappa shape index (κ1) is 16.4. The number of fused-ring (bicyclic) bond motifs is 1. The summed E-state index contributed by atoms with van der Waals surface area (Å²) in [5.74, 6) is 0.189. The van der Waals surface area contributed by atoms with E-state index < -0.39 is 15.6 Å². The van der Waals surface area contributed by atoms with Gasteiger partial charge in [0.15, 0.2) is 0 Å². The van der Waals surface area contributed by atoms with Gasteiger partial charge in [-0.1, -0.05) is 24.3 Å². The van der Waals surface area contributed by atoms with E-state index in [1.807, 2.05) is 25.1 Å². The van der Waals surface area contributed by atoms with Gasteiger partial charge in [-0.25, -0.2) is 13.1 Å². The van der Waals surface area contributed by atoms with Crippen LogP contribution in [0.15, 0.2) is 53.7 Å². The summed E-state index contributed by atoms with van der Waals surface area (Å²) >= 11 is 0. The quantitative estimate of drug-likeness (QED) is 0.868. The van der Waals surface area contributed by atoms with Crippen LogP contribution in [-0.2, 0) is 22.0 Å². The Morgan fingerprint density at radius 1 is 1.23 bits per heavy atom. The summed E-state index contributed by atoms with van der Waals surface area (Å²) < 4.78 is 28.5. The fraction of sp³-hybridized carbons (Fsp3) is 0.450. The van der Waals surface area contributed by atoms with E-state index in [0.717, 1.165) is 24.8 Å². The molecule has 0 bridgehead atoms. The van der Waals surface area contributed by atoms with Crippen molar-refractivity contribution in [2.24, 2.45) is 17.3 Å². The Morgan fingerprint density at radius 2 is 2.04 bits per heavy atom. The lowest BCUT2D eigenvalue weighted by Crippen LogP contribution is -2.77. The van der Waals surface area contributed by atoms with Gasteiger partial charge >= 0.3 is 0 Å². The molecular formula is C20H22N2O3S. The molecule has 5 unspecified atom stereocenters. The third-order valence-corrected chi connectivity index (χ3v) is 8.44. The van der Waals surface area contributed by atoms with Crippen molar-refractivity contribution in [3.63, 3.8) is 0 Å². The molecule has 1 aromatic carbocycles. The van der Waals surface area contributed by atoms with Crippen LogP contribution in [0.3, 0.4) is 0 Å². The van der Waals surface area contributed by atoms with Gasteiger partial charge in [-0.05, 0) is 60.8 Å². The van der Waals surface area contributed by atoms with Crippen LogP contribution in [0.2, 0.25) is 0 Å². The third-order valence-electron chi connectivity index (χ3n) is 6.99. The molecule has 136 valence electrons. The normalized spacial score (nSPS) is 37.5. The van der Waals surface area contributed by atoms with E-state index >= 15 is 0 Å². The van der Waals surface area contributed by atoms with Gasteiger partial charge in [0.2, 0.25) is 10.0 Å². The zero-order chi connectivity index (χ0) is 18.2. The van der Waals surface area contributed by atoms with E-state index in [1.54, 1.807) is 18.3 Å². The Balaban J connectivity index is 1.52. The number of hydrogen-bond acceptors (Lipinski definition) is 4. The molecular weight excluding hydrogens is 348 g/mol. The molecule has 6 heteroatoms. The fourth-order valence-electron chi connectivity index (χ4n) is 5.91. The Labute approximate surface area is 153 Å². The minimum Gasteiger partial charge on any atom is -0.385 e. The van der Waals surface area contributed by atoms with Crippen LogP contribution in [0.25, 0.3) is 0 Å². The lowest BCUT2D eigenvalue weighted by Gasteiger charge is -2.73. The van der Waals surface area contributed by atoms with Crippen LogP contribution >= 0.6 is 0 Å². The first-order chi connectivity index (χ1) is 12.4. The largest absolute Gasteiger partial charge is 0.385 e. The van der Waals surface area contributed by atoms with Crippen molar-refractivity contribution >= 4 is 10.0 Å². The maximum Gasteiger partial charge on any atom is 0.242 e. The highest BCUT2D eigenvalue weighted by Gasteiger charge is 2.73. The van der Waals surface area contributed by atoms with Gasteiger partial charge in [0, 0.05) is 24.4 Å². The number of nitrogens with zero attached hydrogens (tertiary/aromatic N) is 1. The Kier molecular flexibility index (Phi) is 3.25. The molecule has 1 heterocycles. The number of rotatable bonds is 3. The zero-order valence-electron chi connectivity index (χ0n) is 14.6. The lowest BCUT2D eigenvalue weighted by molar-refractivity contribution is -0.249. The molecule has 1 spiro atoms. The second-order valence-corrected chi connectivity index (χ2v) is 9.89. The molecule has 0 saturated heterocycles. The first-order valence-electron chi connectivity index (χ1n) is 9.09. The van der Waals surface area contributed by atoms with E-state index in [9.17, 15) is 13.5 Å². The predicted octanol–water partition coefficient (Wildman–Crippen LogP) is 2.22. The highest BCUT2D eigenvalue weighted by Crippen LogP contribution is 2.72. The summed E-state index contributed by atoms with van der Waals surface area (Å²) in [6, 6.07) is 11.0. The second kappa shape index (κ2) is 5.15. The molecule has 5 rings (SSSR count). The van der Waals surface area contributed by atoms with E-state index in [0.29, 0.717) is 5.92 Å². The SMILES string of the molecule is CC1(O)c2ccccc2CC23CCC2C(NS(=O)(=O)c2cccnc2)C13. The number of benzene rings is 1. The van der Waals surface area contributed by atoms with Crippen molar-refractivity contribution in [2.45, 2.75) is 42.7 Å². The average Bonchev–Trinajstić information content (AvgIpc) is 2.60. The van der Waals surface area contributed by atoms with Crippen LogP contribution in [-0.4, -0.2) is 24.6 Å². The molecule has 1 aromatic heterocycles. The minimum atomic E-state index is -3.65. The summed E-state index contributed by atoms with van der Waals surface area (Å²) in [6.45, 7) is 1.84. The average molecular weight is 370 g/mol. The first-order valence-corrected chi connectivity index (χ1v) is 10.6. The molecule has 2 N–H and O–H groups in total. The molecule has 5 nitrogen and oxygen atoms in total. The number of nitrogens with one attached hydrogen (secondary N) is 1. The predicted molar refractivity (Wildman–Crippen MR) is 96.7 cm³/mol. The Hall–Kier alpha value is -1.76. The number of aromatic nitrogens is 1. The molecule has 0 amide bonds. The molecule has 0 radical (unpaired) electrons. The molecule has 5 atom stereocenters. The van der Waals surface area contributed by atoms with Crippen LogP contribution in [0.4, 0.5) is 0 Å². The number of aliphatic hydroxyl groups is 1. The van der Waals surface area contributed by atoms with Crippen molar-refractivity contribution in [3.05, 3.63) is 59.9 Å². The summed E-state index contributed by atoms with van der Waals surface area (Å²) in [6.07, 6.45) is 5.91. The smallest absolute Gasteiger partial charge is 0.242 e. The molecule has 26 heavy (non-hydrogen) atoms. The number of sulfonamides is 1. The van der Waals surface area contributed by atoms with Gasteiger partial charge in [-0.2, -0.15) is 0 Å². The summed E-state index contributed by atoms with van der Waals surface area (Å²) in [5.41, 5.74) is 1.13. The zero-order valence-corrected chi connectivity index (χ0v) is 15.4. The van der Waals surface area contributed by atoms with Crippen molar-refractivity contribution in [2.75, 3.05) is 0 Å². The standard InChI is InChI=1S/C20H22N2O3S/c1-19(23)15-7-3-2-5-13(15)11-20-9-8-16(20)17(18(19)20)22-26(24,25)14-6-4-10-21-12-14/h2-7,10,12,16-18,22-23H,8-9,11H2,1H3. The summed E-state index contributed by atoms with van der Waals surface area (Å²) in [7, 11) is -3.65. The van der Waals surface area contributed by atoms with Crippen LogP contribution in [0, 0.1) is 17.3 Å². The minimum absolute atomic E-state index is 0.0278. The van der Waals surface area contributed by atoms with Crippen LogP contribution in [0.5, 0.6) is 0 Å². The number of hydrogen-bond donors (Lipinski definition) is 2. The van der Waals surface area contributed by atoms with Crippen molar-refractivity contribution in [3.8, 4) is 0 Å². The van der Waals surface area contributed by atoms with Gasteiger partial charge in [-0.3, -0.25) is 4.98 Å². The van der Waals surface area contributed by atoms with Gasteiger partial charge in [0.25, 0.3) is 0 Å². The second-order valence-electron chi connectivity index (χ2n) is 8.17. The van der Waals surface area contributed by atoms with Crippen LogP contribution < -0.4 is 4.72 Å². The monoisotopic (exact) mass is 370 g/mol. The molecule has 2 fully saturated rings. The summed E-state index contributed by atoms with van der Waals surface area (Å²) in [5, 5.41) is 11.4. The van der Waals surface area contributed by atoms with Gasteiger partial charge in [0.05, 0.1) is 5.60 Å². The van der Waals surface area contributed by atoms with Gasteiger partial charge in [-0.15, -0.1) is 0 Å². The highest BCUT2D eigenvalue weighted by molar-refractivity contribution is 7.89. The summed E-state index contributed by atoms with van der Waals surface area (Å²) in [4.78, 5) is 4.09.